The molecular weight excluding hydrogens is 208 g/mol. The van der Waals surface area contributed by atoms with E-state index < -0.39 is 0 Å². The van der Waals surface area contributed by atoms with Gasteiger partial charge in [-0.3, -0.25) is 4.90 Å². The van der Waals surface area contributed by atoms with Gasteiger partial charge in [0.15, 0.2) is 0 Å². The first-order valence-corrected chi connectivity index (χ1v) is 7.86. The van der Waals surface area contributed by atoms with Crippen LogP contribution in [0.4, 0.5) is 0 Å². The molecule has 2 saturated heterocycles. The Balaban J connectivity index is 1.69. The van der Waals surface area contributed by atoms with E-state index in [4.69, 9.17) is 0 Å². The number of likely N-dealkylation sites (tertiary alicyclic amines) is 1. The number of hydrogen-bond donors (Lipinski definition) is 1. The summed E-state index contributed by atoms with van der Waals surface area (Å²) < 4.78 is 0. The Labute approximate surface area is 106 Å². The van der Waals surface area contributed by atoms with Crippen LogP contribution in [0.5, 0.6) is 0 Å². The van der Waals surface area contributed by atoms with Gasteiger partial charge in [-0.15, -0.1) is 0 Å². The van der Waals surface area contributed by atoms with Crippen LogP contribution in [0.1, 0.15) is 51.9 Å². The molecule has 0 radical (unpaired) electrons. The van der Waals surface area contributed by atoms with Gasteiger partial charge in [-0.05, 0) is 44.2 Å². The number of nitrogens with zero attached hydrogens (tertiary/aromatic N) is 1. The smallest absolute Gasteiger partial charge is 0.0140 e. The van der Waals surface area contributed by atoms with E-state index in [0.29, 0.717) is 0 Å². The second-order valence-corrected chi connectivity index (χ2v) is 6.40. The minimum atomic E-state index is 0.887. The van der Waals surface area contributed by atoms with E-state index in [9.17, 15) is 0 Å². The summed E-state index contributed by atoms with van der Waals surface area (Å²) in [7, 11) is 0. The quantitative estimate of drug-likeness (QED) is 0.742. The monoisotopic (exact) mass is 236 g/mol. The zero-order valence-electron chi connectivity index (χ0n) is 11.3. The Morgan fingerprint density at radius 1 is 1.06 bits per heavy atom. The summed E-state index contributed by atoms with van der Waals surface area (Å²) in [5.41, 5.74) is 0. The molecule has 1 aliphatic carbocycles. The van der Waals surface area contributed by atoms with E-state index in [2.05, 4.69) is 17.1 Å². The highest BCUT2D eigenvalue weighted by Gasteiger charge is 2.45. The van der Waals surface area contributed by atoms with E-state index in [1.54, 1.807) is 0 Å². The summed E-state index contributed by atoms with van der Waals surface area (Å²) in [6.07, 6.45) is 10.2. The van der Waals surface area contributed by atoms with Crippen LogP contribution >= 0.6 is 0 Å². The van der Waals surface area contributed by atoms with Crippen molar-refractivity contribution in [2.45, 2.75) is 64.0 Å². The van der Waals surface area contributed by atoms with E-state index in [1.165, 1.54) is 64.6 Å². The number of rotatable bonds is 2. The molecule has 3 rings (SSSR count). The van der Waals surface area contributed by atoms with Gasteiger partial charge in [0.05, 0.1) is 0 Å². The van der Waals surface area contributed by atoms with E-state index in [0.717, 1.165) is 23.9 Å². The molecule has 0 aromatic heterocycles. The molecule has 0 bridgehead atoms. The molecule has 2 heterocycles. The SMILES string of the molecule is CCC1C2CNCC2CN1C1CCCCCC1. The van der Waals surface area contributed by atoms with Crippen molar-refractivity contribution in [1.82, 2.24) is 10.2 Å². The van der Waals surface area contributed by atoms with Crippen molar-refractivity contribution in [2.24, 2.45) is 11.8 Å². The minimum Gasteiger partial charge on any atom is -0.316 e. The van der Waals surface area contributed by atoms with Crippen LogP contribution in [-0.4, -0.2) is 36.6 Å². The molecule has 2 heteroatoms. The van der Waals surface area contributed by atoms with Crippen LogP contribution in [0, 0.1) is 11.8 Å². The lowest BCUT2D eigenvalue weighted by Gasteiger charge is -2.34. The molecular formula is C15H28N2. The maximum Gasteiger partial charge on any atom is 0.0140 e. The molecule has 0 spiro atoms. The largest absolute Gasteiger partial charge is 0.316 e. The predicted molar refractivity (Wildman–Crippen MR) is 72.1 cm³/mol. The molecule has 3 aliphatic rings. The number of fused-ring (bicyclic) bond motifs is 1. The van der Waals surface area contributed by atoms with Crippen molar-refractivity contribution in [3.63, 3.8) is 0 Å². The fraction of sp³-hybridized carbons (Fsp3) is 1.00. The fourth-order valence-corrected chi connectivity index (χ4v) is 4.60. The number of hydrogen-bond acceptors (Lipinski definition) is 2. The molecule has 3 atom stereocenters. The first kappa shape index (κ1) is 12.0. The van der Waals surface area contributed by atoms with Gasteiger partial charge in [0.25, 0.3) is 0 Å². The molecule has 98 valence electrons. The topological polar surface area (TPSA) is 15.3 Å². The molecule has 3 unspecified atom stereocenters. The average Bonchev–Trinajstić information content (AvgIpc) is 2.80. The van der Waals surface area contributed by atoms with Gasteiger partial charge in [0.1, 0.15) is 0 Å². The van der Waals surface area contributed by atoms with Crippen molar-refractivity contribution in [3.8, 4) is 0 Å². The molecule has 0 amide bonds. The van der Waals surface area contributed by atoms with Crippen molar-refractivity contribution in [1.29, 1.82) is 0 Å². The summed E-state index contributed by atoms with van der Waals surface area (Å²) in [6, 6.07) is 1.81. The molecule has 17 heavy (non-hydrogen) atoms. The molecule has 2 nitrogen and oxygen atoms in total. The van der Waals surface area contributed by atoms with Gasteiger partial charge in [-0.2, -0.15) is 0 Å². The second kappa shape index (κ2) is 5.27. The fourth-order valence-electron chi connectivity index (χ4n) is 4.60. The summed E-state index contributed by atoms with van der Waals surface area (Å²) in [4.78, 5) is 2.92. The zero-order valence-corrected chi connectivity index (χ0v) is 11.3. The third-order valence-corrected chi connectivity index (χ3v) is 5.47. The third kappa shape index (κ3) is 2.26. The van der Waals surface area contributed by atoms with Crippen LogP contribution in [0.3, 0.4) is 0 Å². The van der Waals surface area contributed by atoms with E-state index in [1.807, 2.05) is 0 Å². The van der Waals surface area contributed by atoms with Crippen molar-refractivity contribution in [3.05, 3.63) is 0 Å². The summed E-state index contributed by atoms with van der Waals surface area (Å²) in [6.45, 7) is 6.35. The van der Waals surface area contributed by atoms with E-state index >= 15 is 0 Å². The minimum absolute atomic E-state index is 0.887. The Kier molecular flexibility index (Phi) is 3.72. The Morgan fingerprint density at radius 3 is 2.53 bits per heavy atom. The highest BCUT2D eigenvalue weighted by Crippen LogP contribution is 2.38. The summed E-state index contributed by atoms with van der Waals surface area (Å²) >= 11 is 0. The number of nitrogens with one attached hydrogen (secondary N) is 1. The predicted octanol–water partition coefficient (Wildman–Crippen LogP) is 2.64. The maximum atomic E-state index is 3.60. The molecule has 1 saturated carbocycles. The summed E-state index contributed by atoms with van der Waals surface area (Å²) in [5, 5.41) is 3.60. The van der Waals surface area contributed by atoms with Crippen LogP contribution in [0.15, 0.2) is 0 Å². The molecule has 0 aromatic carbocycles. The standard InChI is InChI=1S/C15H28N2/c1-2-15-14-10-16-9-12(14)11-17(15)13-7-5-3-4-6-8-13/h12-16H,2-11H2,1H3. The average molecular weight is 236 g/mol. The van der Waals surface area contributed by atoms with Crippen molar-refractivity contribution < 1.29 is 0 Å². The highest BCUT2D eigenvalue weighted by molar-refractivity contribution is 5.00. The van der Waals surface area contributed by atoms with Gasteiger partial charge in [0.2, 0.25) is 0 Å². The van der Waals surface area contributed by atoms with Crippen LogP contribution in [0.25, 0.3) is 0 Å². The first-order valence-electron chi connectivity index (χ1n) is 7.86. The molecule has 2 aliphatic heterocycles. The Bertz CT molecular complexity index is 245. The molecule has 3 fully saturated rings. The van der Waals surface area contributed by atoms with Crippen molar-refractivity contribution in [2.75, 3.05) is 19.6 Å². The van der Waals surface area contributed by atoms with Gasteiger partial charge >= 0.3 is 0 Å². The normalized spacial score (nSPS) is 40.4. The third-order valence-electron chi connectivity index (χ3n) is 5.47. The lowest BCUT2D eigenvalue weighted by atomic mass is 9.92. The van der Waals surface area contributed by atoms with Gasteiger partial charge in [0, 0.05) is 18.6 Å². The highest BCUT2D eigenvalue weighted by atomic mass is 15.2. The lowest BCUT2D eigenvalue weighted by Crippen LogP contribution is -2.42. The lowest BCUT2D eigenvalue weighted by molar-refractivity contribution is 0.141. The van der Waals surface area contributed by atoms with Crippen molar-refractivity contribution >= 4 is 0 Å². The van der Waals surface area contributed by atoms with Crippen LogP contribution < -0.4 is 5.32 Å². The van der Waals surface area contributed by atoms with Gasteiger partial charge < -0.3 is 5.32 Å². The molecule has 1 N–H and O–H groups in total. The maximum absolute atomic E-state index is 3.60. The first-order chi connectivity index (χ1) is 8.40. The Hall–Kier alpha value is -0.0800. The molecule has 0 aromatic rings. The van der Waals surface area contributed by atoms with Crippen LogP contribution in [-0.2, 0) is 0 Å². The van der Waals surface area contributed by atoms with Gasteiger partial charge in [-0.25, -0.2) is 0 Å². The summed E-state index contributed by atoms with van der Waals surface area (Å²) in [5.74, 6) is 1.92. The van der Waals surface area contributed by atoms with E-state index in [-0.39, 0.29) is 0 Å². The second-order valence-electron chi connectivity index (χ2n) is 6.40. The van der Waals surface area contributed by atoms with Gasteiger partial charge in [-0.1, -0.05) is 32.6 Å². The Morgan fingerprint density at radius 2 is 1.82 bits per heavy atom. The zero-order chi connectivity index (χ0) is 11.7. The van der Waals surface area contributed by atoms with Crippen LogP contribution in [0.2, 0.25) is 0 Å².